The van der Waals surface area contributed by atoms with Crippen molar-refractivity contribution >= 4 is 29.9 Å². The second kappa shape index (κ2) is 9.17. The minimum absolute atomic E-state index is 0. The van der Waals surface area contributed by atoms with Gasteiger partial charge in [0.25, 0.3) is 0 Å². The third-order valence-electron chi connectivity index (χ3n) is 4.70. The molecule has 2 heterocycles. The second-order valence-electron chi connectivity index (χ2n) is 6.32. The molecule has 0 radical (unpaired) electrons. The molecule has 0 spiro atoms. The van der Waals surface area contributed by atoms with Crippen LogP contribution in [0.15, 0.2) is 48.0 Å². The van der Waals surface area contributed by atoms with E-state index < -0.39 is 0 Å². The van der Waals surface area contributed by atoms with Crippen LogP contribution in [0, 0.1) is 11.7 Å². The number of nitrogens with zero attached hydrogens (tertiary/aromatic N) is 4. The summed E-state index contributed by atoms with van der Waals surface area (Å²) in [5.74, 6) is 1.28. The van der Waals surface area contributed by atoms with Crippen LogP contribution in [0.3, 0.4) is 0 Å². The van der Waals surface area contributed by atoms with E-state index in [-0.39, 0.29) is 29.8 Å². The lowest BCUT2D eigenvalue weighted by atomic mass is 9.93. The third kappa shape index (κ3) is 4.93. The zero-order chi connectivity index (χ0) is 16.9. The van der Waals surface area contributed by atoms with Crippen LogP contribution in [0.25, 0.3) is 0 Å². The second-order valence-corrected chi connectivity index (χ2v) is 6.32. The molecule has 0 amide bonds. The molecule has 0 bridgehead atoms. The topological polar surface area (TPSA) is 45.5 Å². The highest BCUT2D eigenvalue weighted by Crippen LogP contribution is 2.27. The van der Waals surface area contributed by atoms with Crippen LogP contribution in [0.2, 0.25) is 0 Å². The van der Waals surface area contributed by atoms with Crippen molar-refractivity contribution in [2.24, 2.45) is 10.9 Å². The van der Waals surface area contributed by atoms with E-state index in [1.807, 2.05) is 18.7 Å². The highest BCUT2D eigenvalue weighted by molar-refractivity contribution is 14.0. The minimum Gasteiger partial charge on any atom is -0.352 e. The first-order valence-corrected chi connectivity index (χ1v) is 8.35. The Balaban J connectivity index is 0.00000225. The standard InChI is InChI=1S/C18H24FN5.HI/c1-14-7-9-23(12-17(14)24-10-8-21-13-24)18(20-2)22-11-15-3-5-16(19)6-4-15;/h3-6,8,10,13-14,17H,7,9,11-12H2,1-2H3,(H,20,22);1H. The molecule has 136 valence electrons. The van der Waals surface area contributed by atoms with Gasteiger partial charge in [-0.15, -0.1) is 24.0 Å². The molecule has 1 saturated heterocycles. The first-order chi connectivity index (χ1) is 11.7. The van der Waals surface area contributed by atoms with Crippen LogP contribution < -0.4 is 5.32 Å². The fourth-order valence-corrected chi connectivity index (χ4v) is 3.21. The van der Waals surface area contributed by atoms with Crippen molar-refractivity contribution in [3.8, 4) is 0 Å². The van der Waals surface area contributed by atoms with E-state index >= 15 is 0 Å². The highest BCUT2D eigenvalue weighted by Gasteiger charge is 2.28. The van der Waals surface area contributed by atoms with E-state index in [4.69, 9.17) is 0 Å². The van der Waals surface area contributed by atoms with Crippen LogP contribution >= 0.6 is 24.0 Å². The number of aliphatic imine (C=N–C) groups is 1. The smallest absolute Gasteiger partial charge is 0.193 e. The van der Waals surface area contributed by atoms with Crippen molar-refractivity contribution in [2.45, 2.75) is 25.9 Å². The first kappa shape index (κ1) is 19.7. The van der Waals surface area contributed by atoms with Crippen molar-refractivity contribution in [2.75, 3.05) is 20.1 Å². The molecule has 3 rings (SSSR count). The fraction of sp³-hybridized carbons (Fsp3) is 0.444. The summed E-state index contributed by atoms with van der Waals surface area (Å²) in [5.41, 5.74) is 1.04. The Kier molecular flexibility index (Phi) is 7.22. The zero-order valence-corrected chi connectivity index (χ0v) is 16.9. The Morgan fingerprint density at radius 2 is 2.12 bits per heavy atom. The van der Waals surface area contributed by atoms with E-state index in [1.165, 1.54) is 12.1 Å². The summed E-state index contributed by atoms with van der Waals surface area (Å²) in [6, 6.07) is 6.95. The van der Waals surface area contributed by atoms with Crippen molar-refractivity contribution < 1.29 is 4.39 Å². The van der Waals surface area contributed by atoms with Gasteiger partial charge in [-0.25, -0.2) is 9.37 Å². The molecule has 1 aromatic heterocycles. The molecule has 2 aromatic rings. The number of piperidine rings is 1. The summed E-state index contributed by atoms with van der Waals surface area (Å²) >= 11 is 0. The van der Waals surface area contributed by atoms with Gasteiger partial charge in [-0.3, -0.25) is 4.99 Å². The average Bonchev–Trinajstić information content (AvgIpc) is 3.12. The number of imidazole rings is 1. The van der Waals surface area contributed by atoms with Gasteiger partial charge in [0.2, 0.25) is 0 Å². The van der Waals surface area contributed by atoms with Crippen molar-refractivity contribution in [3.63, 3.8) is 0 Å². The lowest BCUT2D eigenvalue weighted by molar-refractivity contribution is 0.189. The van der Waals surface area contributed by atoms with Crippen LogP contribution in [0.4, 0.5) is 4.39 Å². The number of nitrogens with one attached hydrogen (secondary N) is 1. The maximum Gasteiger partial charge on any atom is 0.193 e. The van der Waals surface area contributed by atoms with Crippen LogP contribution in [0.5, 0.6) is 0 Å². The van der Waals surface area contributed by atoms with Gasteiger partial charge in [-0.05, 0) is 30.0 Å². The summed E-state index contributed by atoms with van der Waals surface area (Å²) in [6.45, 7) is 4.81. The number of benzene rings is 1. The zero-order valence-electron chi connectivity index (χ0n) is 14.6. The van der Waals surface area contributed by atoms with Crippen LogP contribution in [-0.4, -0.2) is 40.5 Å². The Labute approximate surface area is 165 Å². The molecular weight excluding hydrogens is 432 g/mol. The number of hydrogen-bond acceptors (Lipinski definition) is 2. The molecular formula is C18H25FIN5. The van der Waals surface area contributed by atoms with Gasteiger partial charge < -0.3 is 14.8 Å². The van der Waals surface area contributed by atoms with Gasteiger partial charge >= 0.3 is 0 Å². The molecule has 2 atom stereocenters. The van der Waals surface area contributed by atoms with Gasteiger partial charge in [0.05, 0.1) is 12.4 Å². The number of likely N-dealkylation sites (tertiary alicyclic amines) is 1. The molecule has 1 N–H and O–H groups in total. The molecule has 5 nitrogen and oxygen atoms in total. The van der Waals surface area contributed by atoms with Crippen molar-refractivity contribution in [3.05, 3.63) is 54.4 Å². The summed E-state index contributed by atoms with van der Waals surface area (Å²) in [7, 11) is 1.80. The number of halogens is 2. The third-order valence-corrected chi connectivity index (χ3v) is 4.70. The Morgan fingerprint density at radius 1 is 1.36 bits per heavy atom. The van der Waals surface area contributed by atoms with Gasteiger partial charge in [0, 0.05) is 39.1 Å². The molecule has 1 fully saturated rings. The SMILES string of the molecule is CN=C(NCc1ccc(F)cc1)N1CCC(C)C(n2ccnc2)C1.I. The van der Waals surface area contributed by atoms with E-state index in [9.17, 15) is 4.39 Å². The first-order valence-electron chi connectivity index (χ1n) is 8.35. The normalized spacial score (nSPS) is 20.9. The number of hydrogen-bond donors (Lipinski definition) is 1. The molecule has 1 aliphatic rings. The van der Waals surface area contributed by atoms with Gasteiger partial charge in [-0.1, -0.05) is 19.1 Å². The highest BCUT2D eigenvalue weighted by atomic mass is 127. The fourth-order valence-electron chi connectivity index (χ4n) is 3.21. The number of rotatable bonds is 3. The van der Waals surface area contributed by atoms with Gasteiger partial charge in [0.1, 0.15) is 5.82 Å². The lowest BCUT2D eigenvalue weighted by Crippen LogP contribution is -2.48. The Bertz CT molecular complexity index is 671. The lowest BCUT2D eigenvalue weighted by Gasteiger charge is -2.39. The monoisotopic (exact) mass is 457 g/mol. The van der Waals surface area contributed by atoms with Gasteiger partial charge in [0.15, 0.2) is 5.96 Å². The largest absolute Gasteiger partial charge is 0.352 e. The van der Waals surface area contributed by atoms with E-state index in [2.05, 4.69) is 31.7 Å². The summed E-state index contributed by atoms with van der Waals surface area (Å²) in [6.07, 6.45) is 6.85. The predicted octanol–water partition coefficient (Wildman–Crippen LogP) is 3.30. The van der Waals surface area contributed by atoms with Crippen molar-refractivity contribution in [1.29, 1.82) is 0 Å². The van der Waals surface area contributed by atoms with E-state index in [1.54, 1.807) is 19.2 Å². The number of aromatic nitrogens is 2. The number of guanidine groups is 1. The minimum atomic E-state index is -0.212. The molecule has 1 aromatic carbocycles. The van der Waals surface area contributed by atoms with Crippen LogP contribution in [0.1, 0.15) is 24.9 Å². The molecule has 25 heavy (non-hydrogen) atoms. The maximum absolute atomic E-state index is 13.0. The molecule has 0 aliphatic carbocycles. The summed E-state index contributed by atoms with van der Waals surface area (Å²) in [5, 5.41) is 3.38. The summed E-state index contributed by atoms with van der Waals surface area (Å²) in [4.78, 5) is 10.9. The van der Waals surface area contributed by atoms with Crippen LogP contribution in [-0.2, 0) is 6.54 Å². The molecule has 2 unspecified atom stereocenters. The molecule has 7 heteroatoms. The Hall–Kier alpha value is -1.64. The Morgan fingerprint density at radius 3 is 2.76 bits per heavy atom. The molecule has 0 saturated carbocycles. The molecule has 1 aliphatic heterocycles. The average molecular weight is 457 g/mol. The van der Waals surface area contributed by atoms with E-state index in [0.717, 1.165) is 31.0 Å². The quantitative estimate of drug-likeness (QED) is 0.437. The van der Waals surface area contributed by atoms with Gasteiger partial charge in [-0.2, -0.15) is 0 Å². The van der Waals surface area contributed by atoms with E-state index in [0.29, 0.717) is 18.5 Å². The van der Waals surface area contributed by atoms with Crippen molar-refractivity contribution in [1.82, 2.24) is 19.8 Å². The predicted molar refractivity (Wildman–Crippen MR) is 109 cm³/mol. The summed E-state index contributed by atoms with van der Waals surface area (Å²) < 4.78 is 15.2. The maximum atomic E-state index is 13.0.